The number of hydrogen-bond acceptors (Lipinski definition) is 4. The maximum atomic E-state index is 12.4. The van der Waals surface area contributed by atoms with Crippen LogP contribution in [-0.2, 0) is 6.54 Å². The third-order valence-corrected chi connectivity index (χ3v) is 3.57. The number of rotatable bonds is 6. The van der Waals surface area contributed by atoms with Gasteiger partial charge in [-0.05, 0) is 30.3 Å². The van der Waals surface area contributed by atoms with Crippen molar-refractivity contribution in [2.45, 2.75) is 6.54 Å². The van der Waals surface area contributed by atoms with E-state index in [0.29, 0.717) is 34.4 Å². The third kappa shape index (κ3) is 4.07. The van der Waals surface area contributed by atoms with Crippen LogP contribution in [0.25, 0.3) is 0 Å². The van der Waals surface area contributed by atoms with Gasteiger partial charge in [-0.1, -0.05) is 11.6 Å². The highest BCUT2D eigenvalue weighted by molar-refractivity contribution is 6.31. The lowest BCUT2D eigenvalue weighted by molar-refractivity contribution is 0.0947. The summed E-state index contributed by atoms with van der Waals surface area (Å²) in [5, 5.41) is 3.30. The predicted octanol–water partition coefficient (Wildman–Crippen LogP) is 3.30. The van der Waals surface area contributed by atoms with Crippen LogP contribution in [0.4, 0.5) is 0 Å². The number of carbonyl (C=O) groups excluding carboxylic acids is 1. The minimum Gasteiger partial charge on any atom is -0.497 e. The van der Waals surface area contributed by atoms with Crippen molar-refractivity contribution in [1.29, 1.82) is 0 Å². The Labute approximate surface area is 140 Å². The van der Waals surface area contributed by atoms with Crippen molar-refractivity contribution >= 4 is 17.5 Å². The van der Waals surface area contributed by atoms with Crippen molar-refractivity contribution in [3.8, 4) is 17.2 Å². The van der Waals surface area contributed by atoms with Crippen molar-refractivity contribution < 1.29 is 19.0 Å². The lowest BCUT2D eigenvalue weighted by atomic mass is 10.1. The molecule has 5 nitrogen and oxygen atoms in total. The van der Waals surface area contributed by atoms with Crippen LogP contribution in [0.3, 0.4) is 0 Å². The minimum absolute atomic E-state index is 0.276. The molecule has 122 valence electrons. The molecule has 0 aliphatic rings. The van der Waals surface area contributed by atoms with Crippen LogP contribution < -0.4 is 19.5 Å². The van der Waals surface area contributed by atoms with Gasteiger partial charge in [-0.3, -0.25) is 4.79 Å². The normalized spacial score (nSPS) is 10.1. The maximum absolute atomic E-state index is 12.4. The van der Waals surface area contributed by atoms with Crippen LogP contribution in [0.2, 0.25) is 5.02 Å². The lowest BCUT2D eigenvalue weighted by Gasteiger charge is -2.13. The minimum atomic E-state index is -0.276. The Morgan fingerprint density at radius 3 is 2.39 bits per heavy atom. The van der Waals surface area contributed by atoms with Gasteiger partial charge in [0.25, 0.3) is 5.91 Å². The second-order valence-corrected chi connectivity index (χ2v) is 5.14. The number of halogens is 1. The molecule has 2 aromatic rings. The molecule has 0 aliphatic heterocycles. The second-order valence-electron chi connectivity index (χ2n) is 4.71. The molecular formula is C17H18ClNO4. The quantitative estimate of drug-likeness (QED) is 0.880. The molecule has 0 atom stereocenters. The fourth-order valence-electron chi connectivity index (χ4n) is 2.13. The summed E-state index contributed by atoms with van der Waals surface area (Å²) in [6.45, 7) is 0.307. The van der Waals surface area contributed by atoms with E-state index >= 15 is 0 Å². The summed E-state index contributed by atoms with van der Waals surface area (Å²) in [6.07, 6.45) is 0. The molecule has 0 saturated carbocycles. The molecule has 1 N–H and O–H groups in total. The van der Waals surface area contributed by atoms with Gasteiger partial charge < -0.3 is 19.5 Å². The maximum Gasteiger partial charge on any atom is 0.255 e. The number of methoxy groups -OCH3 is 3. The van der Waals surface area contributed by atoms with E-state index in [1.165, 1.54) is 7.11 Å². The molecule has 0 bridgehead atoms. The molecule has 0 fully saturated rings. The van der Waals surface area contributed by atoms with Crippen molar-refractivity contribution in [3.05, 3.63) is 52.5 Å². The first kappa shape index (κ1) is 17.0. The van der Waals surface area contributed by atoms with Gasteiger partial charge in [0.1, 0.15) is 17.2 Å². The SMILES string of the molecule is COc1ccc(CNC(=O)c2cc(Cl)ccc2OC)c(OC)c1. The zero-order valence-electron chi connectivity index (χ0n) is 13.2. The lowest BCUT2D eigenvalue weighted by Crippen LogP contribution is -2.23. The molecule has 1 amide bonds. The van der Waals surface area contributed by atoms with Gasteiger partial charge in [0.2, 0.25) is 0 Å². The Hall–Kier alpha value is -2.40. The highest BCUT2D eigenvalue weighted by Crippen LogP contribution is 2.25. The Morgan fingerprint density at radius 1 is 1.00 bits per heavy atom. The first-order valence-electron chi connectivity index (χ1n) is 6.91. The van der Waals surface area contributed by atoms with E-state index in [1.807, 2.05) is 12.1 Å². The highest BCUT2D eigenvalue weighted by Gasteiger charge is 2.14. The zero-order chi connectivity index (χ0) is 16.8. The van der Waals surface area contributed by atoms with Gasteiger partial charge in [-0.15, -0.1) is 0 Å². The summed E-state index contributed by atoms with van der Waals surface area (Å²) >= 11 is 5.95. The molecule has 2 aromatic carbocycles. The first-order valence-corrected chi connectivity index (χ1v) is 7.29. The summed E-state index contributed by atoms with van der Waals surface area (Å²) in [7, 11) is 4.66. The number of benzene rings is 2. The molecule has 23 heavy (non-hydrogen) atoms. The van der Waals surface area contributed by atoms with E-state index in [1.54, 1.807) is 38.5 Å². The number of hydrogen-bond donors (Lipinski definition) is 1. The van der Waals surface area contributed by atoms with E-state index in [4.69, 9.17) is 25.8 Å². The van der Waals surface area contributed by atoms with Gasteiger partial charge in [-0.2, -0.15) is 0 Å². The fourth-order valence-corrected chi connectivity index (χ4v) is 2.30. The molecule has 0 aliphatic carbocycles. The van der Waals surface area contributed by atoms with Crippen LogP contribution in [0.15, 0.2) is 36.4 Å². The highest BCUT2D eigenvalue weighted by atomic mass is 35.5. The van der Waals surface area contributed by atoms with Crippen molar-refractivity contribution in [2.75, 3.05) is 21.3 Å². The molecular weight excluding hydrogens is 318 g/mol. The summed E-state index contributed by atoms with van der Waals surface area (Å²) in [5.41, 5.74) is 1.22. The van der Waals surface area contributed by atoms with Crippen LogP contribution in [0.1, 0.15) is 15.9 Å². The molecule has 0 radical (unpaired) electrons. The van der Waals surface area contributed by atoms with Gasteiger partial charge in [0.15, 0.2) is 0 Å². The summed E-state index contributed by atoms with van der Waals surface area (Å²) < 4.78 is 15.7. The Bertz CT molecular complexity index is 703. The first-order chi connectivity index (χ1) is 11.1. The molecule has 2 rings (SSSR count). The zero-order valence-corrected chi connectivity index (χ0v) is 13.9. The van der Waals surface area contributed by atoms with E-state index in [2.05, 4.69) is 5.32 Å². The topological polar surface area (TPSA) is 56.8 Å². The fraction of sp³-hybridized carbons (Fsp3) is 0.235. The smallest absolute Gasteiger partial charge is 0.255 e. The number of carbonyl (C=O) groups is 1. The molecule has 0 heterocycles. The Kier molecular flexibility index (Phi) is 5.71. The largest absolute Gasteiger partial charge is 0.497 e. The van der Waals surface area contributed by atoms with E-state index in [9.17, 15) is 4.79 Å². The summed E-state index contributed by atoms with van der Waals surface area (Å²) in [5.74, 6) is 1.52. The van der Waals surface area contributed by atoms with Gasteiger partial charge in [0.05, 0.1) is 26.9 Å². The molecule has 6 heteroatoms. The van der Waals surface area contributed by atoms with Crippen LogP contribution in [0, 0.1) is 0 Å². The van der Waals surface area contributed by atoms with Crippen LogP contribution in [0.5, 0.6) is 17.2 Å². The van der Waals surface area contributed by atoms with Crippen LogP contribution >= 0.6 is 11.6 Å². The van der Waals surface area contributed by atoms with Gasteiger partial charge in [0, 0.05) is 23.2 Å². The van der Waals surface area contributed by atoms with Crippen molar-refractivity contribution in [3.63, 3.8) is 0 Å². The van der Waals surface area contributed by atoms with E-state index in [0.717, 1.165) is 5.56 Å². The van der Waals surface area contributed by atoms with Crippen molar-refractivity contribution in [1.82, 2.24) is 5.32 Å². The average molecular weight is 336 g/mol. The van der Waals surface area contributed by atoms with E-state index in [-0.39, 0.29) is 5.91 Å². The van der Waals surface area contributed by atoms with Crippen molar-refractivity contribution in [2.24, 2.45) is 0 Å². The third-order valence-electron chi connectivity index (χ3n) is 3.34. The standard InChI is InChI=1S/C17H18ClNO4/c1-21-13-6-4-11(16(9-13)23-3)10-19-17(20)14-8-12(18)5-7-15(14)22-2/h4-9H,10H2,1-3H3,(H,19,20). The van der Waals surface area contributed by atoms with Gasteiger partial charge in [-0.25, -0.2) is 0 Å². The monoisotopic (exact) mass is 335 g/mol. The van der Waals surface area contributed by atoms with E-state index < -0.39 is 0 Å². The van der Waals surface area contributed by atoms with Gasteiger partial charge >= 0.3 is 0 Å². The average Bonchev–Trinajstić information content (AvgIpc) is 2.59. The number of amides is 1. The molecule has 0 spiro atoms. The summed E-state index contributed by atoms with van der Waals surface area (Å²) in [4.78, 5) is 12.4. The Morgan fingerprint density at radius 2 is 1.74 bits per heavy atom. The molecule has 0 saturated heterocycles. The number of nitrogens with one attached hydrogen (secondary N) is 1. The number of ether oxygens (including phenoxy) is 3. The predicted molar refractivity (Wildman–Crippen MR) is 88.7 cm³/mol. The molecule has 0 aromatic heterocycles. The summed E-state index contributed by atoms with van der Waals surface area (Å²) in [6, 6.07) is 10.3. The molecule has 0 unspecified atom stereocenters. The van der Waals surface area contributed by atoms with Crippen LogP contribution in [-0.4, -0.2) is 27.2 Å². The second kappa shape index (κ2) is 7.74. The Balaban J connectivity index is 2.15.